The lowest BCUT2D eigenvalue weighted by atomic mass is 10.0. The lowest BCUT2D eigenvalue weighted by molar-refractivity contribution is -0.117. The van der Waals surface area contributed by atoms with Gasteiger partial charge in [-0.05, 0) is 42.8 Å². The van der Waals surface area contributed by atoms with Crippen LogP contribution in [0, 0.1) is 12.7 Å². The molecule has 0 radical (unpaired) electrons. The average Bonchev–Trinajstić information content (AvgIpc) is 3.21. The Morgan fingerprint density at radius 2 is 1.72 bits per heavy atom. The van der Waals surface area contributed by atoms with Gasteiger partial charge in [0.2, 0.25) is 11.9 Å². The van der Waals surface area contributed by atoms with E-state index >= 15 is 0 Å². The fourth-order valence-corrected chi connectivity index (χ4v) is 4.60. The predicted molar refractivity (Wildman–Crippen MR) is 121 cm³/mol. The first kappa shape index (κ1) is 20.5. The van der Waals surface area contributed by atoms with Crippen LogP contribution in [0.5, 0.6) is 0 Å². The van der Waals surface area contributed by atoms with Crippen molar-refractivity contribution in [2.24, 2.45) is 0 Å². The molecule has 1 unspecified atom stereocenters. The van der Waals surface area contributed by atoms with Crippen molar-refractivity contribution < 1.29 is 9.18 Å². The van der Waals surface area contributed by atoms with Gasteiger partial charge in [-0.15, -0.1) is 0 Å². The Labute approximate surface area is 186 Å². The zero-order valence-corrected chi connectivity index (χ0v) is 18.0. The third kappa shape index (κ3) is 4.05. The minimum Gasteiger partial charge on any atom is -0.338 e. The zero-order chi connectivity index (χ0) is 22.1. The highest BCUT2D eigenvalue weighted by Crippen LogP contribution is 2.31. The first-order valence-corrected chi connectivity index (χ1v) is 10.9. The van der Waals surface area contributed by atoms with Gasteiger partial charge in [-0.1, -0.05) is 6.07 Å². The number of benzene rings is 1. The molecule has 2 fully saturated rings. The first-order chi connectivity index (χ1) is 15.6. The maximum atomic E-state index is 14.5. The smallest absolute Gasteiger partial charge is 0.228 e. The summed E-state index contributed by atoms with van der Waals surface area (Å²) in [5.74, 6) is 0.422. The van der Waals surface area contributed by atoms with E-state index in [4.69, 9.17) is 0 Å². The van der Waals surface area contributed by atoms with E-state index in [0.29, 0.717) is 18.7 Å². The molecule has 7 nitrogen and oxygen atoms in total. The van der Waals surface area contributed by atoms with Crippen LogP contribution < -0.4 is 9.80 Å². The first-order valence-electron chi connectivity index (χ1n) is 10.9. The number of carbonyl (C=O) groups is 1. The highest BCUT2D eigenvalue weighted by Gasteiger charge is 2.36. The van der Waals surface area contributed by atoms with Crippen LogP contribution in [0.25, 0.3) is 11.1 Å². The number of pyridine rings is 1. The number of anilines is 2. The van der Waals surface area contributed by atoms with Crippen LogP contribution in [-0.4, -0.2) is 64.5 Å². The standard InChI is InChI=1S/C24H25FN6O/c1-17-22(4-2-5-26-17)18-12-19(25)14-20(13-18)31-16-21(15-23(31)32)29-8-10-30(11-9-29)24-27-6-3-7-28-24/h2-7,12-14,21H,8-11,15-16H2,1H3. The van der Waals surface area contributed by atoms with E-state index in [1.807, 2.05) is 31.2 Å². The molecule has 0 aliphatic carbocycles. The highest BCUT2D eigenvalue weighted by atomic mass is 19.1. The Kier molecular flexibility index (Phi) is 5.53. The molecule has 2 aromatic heterocycles. The van der Waals surface area contributed by atoms with Gasteiger partial charge in [-0.25, -0.2) is 14.4 Å². The van der Waals surface area contributed by atoms with Crippen LogP contribution in [0.1, 0.15) is 12.1 Å². The number of rotatable bonds is 4. The van der Waals surface area contributed by atoms with Crippen molar-refractivity contribution in [2.75, 3.05) is 42.5 Å². The molecule has 0 N–H and O–H groups in total. The molecule has 2 saturated heterocycles. The summed E-state index contributed by atoms with van der Waals surface area (Å²) >= 11 is 0. The van der Waals surface area contributed by atoms with E-state index < -0.39 is 0 Å². The number of hydrogen-bond donors (Lipinski definition) is 0. The molecule has 0 saturated carbocycles. The van der Waals surface area contributed by atoms with Gasteiger partial charge in [0.25, 0.3) is 0 Å². The van der Waals surface area contributed by atoms with Gasteiger partial charge in [-0.3, -0.25) is 14.7 Å². The molecule has 2 aliphatic rings. The minimum absolute atomic E-state index is 0.0308. The molecule has 1 atom stereocenters. The largest absolute Gasteiger partial charge is 0.338 e. The zero-order valence-electron chi connectivity index (χ0n) is 18.0. The van der Waals surface area contributed by atoms with Crippen molar-refractivity contribution in [3.8, 4) is 11.1 Å². The number of halogens is 1. The second-order valence-electron chi connectivity index (χ2n) is 8.27. The van der Waals surface area contributed by atoms with E-state index in [1.165, 1.54) is 12.1 Å². The van der Waals surface area contributed by atoms with Gasteiger partial charge in [-0.2, -0.15) is 0 Å². The minimum atomic E-state index is -0.353. The molecule has 32 heavy (non-hydrogen) atoms. The Morgan fingerprint density at radius 3 is 2.47 bits per heavy atom. The molecule has 0 bridgehead atoms. The molecule has 0 spiro atoms. The van der Waals surface area contributed by atoms with Gasteiger partial charge < -0.3 is 9.80 Å². The summed E-state index contributed by atoms with van der Waals surface area (Å²) in [5, 5.41) is 0. The summed E-state index contributed by atoms with van der Waals surface area (Å²) in [5.41, 5.74) is 3.04. The summed E-state index contributed by atoms with van der Waals surface area (Å²) in [6.45, 7) is 5.78. The van der Waals surface area contributed by atoms with Gasteiger partial charge >= 0.3 is 0 Å². The topological polar surface area (TPSA) is 65.5 Å². The number of amides is 1. The summed E-state index contributed by atoms with van der Waals surface area (Å²) in [7, 11) is 0. The second kappa shape index (κ2) is 8.63. The number of nitrogens with zero attached hydrogens (tertiary/aromatic N) is 6. The van der Waals surface area contributed by atoms with E-state index in [2.05, 4.69) is 24.8 Å². The summed E-state index contributed by atoms with van der Waals surface area (Å²) < 4.78 is 14.5. The van der Waals surface area contributed by atoms with Crippen molar-refractivity contribution in [3.05, 3.63) is 66.5 Å². The van der Waals surface area contributed by atoms with Crippen LogP contribution in [0.4, 0.5) is 16.0 Å². The van der Waals surface area contributed by atoms with Crippen LogP contribution in [0.3, 0.4) is 0 Å². The second-order valence-corrected chi connectivity index (χ2v) is 8.27. The Balaban J connectivity index is 1.30. The molecule has 1 amide bonds. The van der Waals surface area contributed by atoms with Crippen LogP contribution >= 0.6 is 0 Å². The van der Waals surface area contributed by atoms with E-state index in [-0.39, 0.29) is 17.8 Å². The van der Waals surface area contributed by atoms with Crippen LogP contribution in [0.2, 0.25) is 0 Å². The lowest BCUT2D eigenvalue weighted by Crippen LogP contribution is -2.51. The van der Waals surface area contributed by atoms with Crippen molar-refractivity contribution in [1.29, 1.82) is 0 Å². The SMILES string of the molecule is Cc1ncccc1-c1cc(F)cc(N2CC(N3CCN(c4ncccn4)CC3)CC2=O)c1. The van der Waals surface area contributed by atoms with E-state index in [1.54, 1.807) is 23.5 Å². The maximum absolute atomic E-state index is 14.5. The number of piperazine rings is 1. The summed E-state index contributed by atoms with van der Waals surface area (Å²) in [6, 6.07) is 10.5. The molecule has 3 aromatic rings. The Bertz CT molecular complexity index is 1120. The predicted octanol–water partition coefficient (Wildman–Crippen LogP) is 2.91. The Morgan fingerprint density at radius 1 is 0.969 bits per heavy atom. The van der Waals surface area contributed by atoms with E-state index in [9.17, 15) is 9.18 Å². The quantitative estimate of drug-likeness (QED) is 0.632. The van der Waals surface area contributed by atoms with Crippen molar-refractivity contribution >= 4 is 17.5 Å². The molecule has 1 aromatic carbocycles. The third-order valence-corrected chi connectivity index (χ3v) is 6.28. The number of hydrogen-bond acceptors (Lipinski definition) is 6. The molecular formula is C24H25FN6O. The molecule has 8 heteroatoms. The van der Waals surface area contributed by atoms with Crippen LogP contribution in [0.15, 0.2) is 55.0 Å². The van der Waals surface area contributed by atoms with Gasteiger partial charge in [0.05, 0.1) is 0 Å². The fraction of sp³-hybridized carbons (Fsp3) is 0.333. The lowest BCUT2D eigenvalue weighted by Gasteiger charge is -2.37. The average molecular weight is 433 g/mol. The number of aromatic nitrogens is 3. The third-order valence-electron chi connectivity index (χ3n) is 6.28. The van der Waals surface area contributed by atoms with Gasteiger partial charge in [0.15, 0.2) is 0 Å². The van der Waals surface area contributed by atoms with Crippen LogP contribution in [-0.2, 0) is 4.79 Å². The monoisotopic (exact) mass is 432 g/mol. The molecule has 2 aliphatic heterocycles. The fourth-order valence-electron chi connectivity index (χ4n) is 4.60. The Hall–Kier alpha value is -3.39. The molecule has 164 valence electrons. The normalized spacial score (nSPS) is 19.6. The van der Waals surface area contributed by atoms with Gasteiger partial charge in [0, 0.05) is 80.7 Å². The molecule has 4 heterocycles. The summed E-state index contributed by atoms with van der Waals surface area (Å²) in [4.78, 5) is 32.1. The van der Waals surface area contributed by atoms with Crippen molar-refractivity contribution in [2.45, 2.75) is 19.4 Å². The maximum Gasteiger partial charge on any atom is 0.228 e. The van der Waals surface area contributed by atoms with Crippen molar-refractivity contribution in [3.63, 3.8) is 0 Å². The van der Waals surface area contributed by atoms with Gasteiger partial charge in [0.1, 0.15) is 5.82 Å². The summed E-state index contributed by atoms with van der Waals surface area (Å²) in [6.07, 6.45) is 5.67. The number of aryl methyl sites for hydroxylation is 1. The van der Waals surface area contributed by atoms with E-state index in [0.717, 1.165) is 48.9 Å². The number of carbonyl (C=O) groups excluding carboxylic acids is 1. The highest BCUT2D eigenvalue weighted by molar-refractivity contribution is 5.97. The van der Waals surface area contributed by atoms with Crippen molar-refractivity contribution in [1.82, 2.24) is 19.9 Å². The molecule has 5 rings (SSSR count). The molecular weight excluding hydrogens is 407 g/mol.